The predicted octanol–water partition coefficient (Wildman–Crippen LogP) is 12.4. The van der Waals surface area contributed by atoms with Crippen molar-refractivity contribution < 1.29 is 0 Å². The highest BCUT2D eigenvalue weighted by Gasteiger charge is 1.98. The summed E-state index contributed by atoms with van der Waals surface area (Å²) in [6.07, 6.45) is 32.4. The summed E-state index contributed by atoms with van der Waals surface area (Å²) in [5.74, 6) is 0. The zero-order chi connectivity index (χ0) is 26.9. The first-order valence-corrected chi connectivity index (χ1v) is 16.5. The van der Waals surface area contributed by atoms with E-state index in [0.717, 1.165) is 5.69 Å². The Kier molecular flexibility index (Phi) is 19.6. The third-order valence-electron chi connectivity index (χ3n) is 7.92. The molecule has 0 fully saturated rings. The normalized spacial score (nSPS) is 11.5. The summed E-state index contributed by atoms with van der Waals surface area (Å²) in [7, 11) is 0. The molecule has 0 spiro atoms. The maximum Gasteiger partial charge on any atom is 0.0630 e. The van der Waals surface area contributed by atoms with Gasteiger partial charge in [0.1, 0.15) is 0 Å². The van der Waals surface area contributed by atoms with Crippen LogP contribution in [0.1, 0.15) is 159 Å². The van der Waals surface area contributed by atoms with Gasteiger partial charge >= 0.3 is 0 Å². The summed E-state index contributed by atoms with van der Waals surface area (Å²) in [4.78, 5) is 4.71. The average Bonchev–Trinajstić information content (AvgIpc) is 2.95. The molecule has 2 rings (SSSR count). The van der Waals surface area contributed by atoms with Gasteiger partial charge < -0.3 is 0 Å². The molecule has 0 saturated heterocycles. The Labute approximate surface area is 237 Å². The van der Waals surface area contributed by atoms with Crippen molar-refractivity contribution >= 4 is 11.9 Å². The molecular formula is C37H59N. The molecule has 0 unspecified atom stereocenters. The van der Waals surface area contributed by atoms with E-state index in [-0.39, 0.29) is 0 Å². The molecule has 0 radical (unpaired) electrons. The lowest BCUT2D eigenvalue weighted by Gasteiger charge is -2.04. The second-order valence-corrected chi connectivity index (χ2v) is 11.5. The van der Waals surface area contributed by atoms with Gasteiger partial charge in [-0.1, -0.05) is 166 Å². The van der Waals surface area contributed by atoms with Crippen molar-refractivity contribution in [3.05, 3.63) is 65.2 Å². The number of benzene rings is 2. The summed E-state index contributed by atoms with van der Waals surface area (Å²) in [6.45, 7) is 4.58. The molecule has 0 atom stereocenters. The van der Waals surface area contributed by atoms with E-state index in [1.807, 2.05) is 6.21 Å². The molecule has 2 aromatic rings. The SMILES string of the molecule is CCCCCCCCCCCCc1ccc(C=Nc2ccc(CCCCCCCCCCCC)cc2)cc1. The number of hydrogen-bond donors (Lipinski definition) is 0. The lowest BCUT2D eigenvalue weighted by molar-refractivity contribution is 0.556. The summed E-state index contributed by atoms with van der Waals surface area (Å²) < 4.78 is 0. The molecular weight excluding hydrogens is 458 g/mol. The minimum atomic E-state index is 1.05. The molecule has 0 aromatic heterocycles. The van der Waals surface area contributed by atoms with Crippen molar-refractivity contribution in [1.82, 2.24) is 0 Å². The summed E-state index contributed by atoms with van der Waals surface area (Å²) in [5.41, 5.74) is 5.13. The highest BCUT2D eigenvalue weighted by molar-refractivity contribution is 5.81. The summed E-state index contributed by atoms with van der Waals surface area (Å²) in [5, 5.41) is 0. The van der Waals surface area contributed by atoms with E-state index in [1.165, 1.54) is 158 Å². The molecule has 0 aliphatic rings. The molecule has 212 valence electrons. The Morgan fingerprint density at radius 3 is 1.16 bits per heavy atom. The number of aryl methyl sites for hydroxylation is 2. The van der Waals surface area contributed by atoms with Crippen molar-refractivity contribution in [3.63, 3.8) is 0 Å². The van der Waals surface area contributed by atoms with E-state index in [9.17, 15) is 0 Å². The van der Waals surface area contributed by atoms with Crippen LogP contribution in [0.3, 0.4) is 0 Å². The van der Waals surface area contributed by atoms with Gasteiger partial charge in [0.25, 0.3) is 0 Å². The molecule has 0 saturated carbocycles. The van der Waals surface area contributed by atoms with E-state index in [2.05, 4.69) is 62.4 Å². The first-order valence-electron chi connectivity index (χ1n) is 16.5. The fourth-order valence-electron chi connectivity index (χ4n) is 5.30. The van der Waals surface area contributed by atoms with Crippen molar-refractivity contribution in [1.29, 1.82) is 0 Å². The van der Waals surface area contributed by atoms with Gasteiger partial charge in [-0.2, -0.15) is 0 Å². The van der Waals surface area contributed by atoms with Crippen molar-refractivity contribution in [3.8, 4) is 0 Å². The number of aliphatic imine (C=N–C) groups is 1. The fraction of sp³-hybridized carbons (Fsp3) is 0.649. The van der Waals surface area contributed by atoms with Crippen molar-refractivity contribution in [2.75, 3.05) is 0 Å². The van der Waals surface area contributed by atoms with Crippen molar-refractivity contribution in [2.45, 2.75) is 155 Å². The van der Waals surface area contributed by atoms with E-state index in [4.69, 9.17) is 4.99 Å². The van der Waals surface area contributed by atoms with Crippen LogP contribution >= 0.6 is 0 Å². The summed E-state index contributed by atoms with van der Waals surface area (Å²) >= 11 is 0. The van der Waals surface area contributed by atoms with Crippen LogP contribution in [0.4, 0.5) is 5.69 Å². The van der Waals surface area contributed by atoms with Crippen LogP contribution in [0, 0.1) is 0 Å². The van der Waals surface area contributed by atoms with Crippen LogP contribution in [-0.2, 0) is 12.8 Å². The zero-order valence-corrected chi connectivity index (χ0v) is 25.2. The quantitative estimate of drug-likeness (QED) is 0.0969. The lowest BCUT2D eigenvalue weighted by atomic mass is 10.0. The smallest absolute Gasteiger partial charge is 0.0630 e. The number of hydrogen-bond acceptors (Lipinski definition) is 1. The highest BCUT2D eigenvalue weighted by Crippen LogP contribution is 2.17. The van der Waals surface area contributed by atoms with Crippen LogP contribution < -0.4 is 0 Å². The van der Waals surface area contributed by atoms with Gasteiger partial charge in [0.05, 0.1) is 5.69 Å². The average molecular weight is 518 g/mol. The molecule has 0 amide bonds. The zero-order valence-electron chi connectivity index (χ0n) is 25.2. The lowest BCUT2D eigenvalue weighted by Crippen LogP contribution is -1.88. The molecule has 0 aliphatic heterocycles. The standard InChI is InChI=1S/C37H59N/c1-3-5-7-9-11-13-15-17-19-21-23-34-25-27-36(28-26-34)33-38-37-31-29-35(30-32-37)24-22-20-18-16-14-12-10-8-6-4-2/h25-33H,3-24H2,1-2H3. The fourth-order valence-corrected chi connectivity index (χ4v) is 5.30. The Morgan fingerprint density at radius 2 is 0.763 bits per heavy atom. The number of rotatable bonds is 24. The number of unbranched alkanes of at least 4 members (excludes halogenated alkanes) is 18. The highest BCUT2D eigenvalue weighted by atomic mass is 14.7. The Hall–Kier alpha value is -1.89. The molecule has 0 N–H and O–H groups in total. The largest absolute Gasteiger partial charge is 0.256 e. The minimum Gasteiger partial charge on any atom is -0.256 e. The van der Waals surface area contributed by atoms with Gasteiger partial charge in [0.2, 0.25) is 0 Å². The second-order valence-electron chi connectivity index (χ2n) is 11.5. The van der Waals surface area contributed by atoms with Gasteiger partial charge in [-0.3, -0.25) is 4.99 Å². The van der Waals surface area contributed by atoms with E-state index in [1.54, 1.807) is 0 Å². The third kappa shape index (κ3) is 16.8. The molecule has 1 heteroatoms. The second kappa shape index (κ2) is 23.0. The molecule has 0 aliphatic carbocycles. The molecule has 2 aromatic carbocycles. The van der Waals surface area contributed by atoms with Gasteiger partial charge in [0, 0.05) is 6.21 Å². The predicted molar refractivity (Wildman–Crippen MR) is 171 cm³/mol. The van der Waals surface area contributed by atoms with Crippen LogP contribution in [0.2, 0.25) is 0 Å². The third-order valence-corrected chi connectivity index (χ3v) is 7.92. The molecule has 0 bridgehead atoms. The van der Waals surface area contributed by atoms with Gasteiger partial charge in [-0.15, -0.1) is 0 Å². The Balaban J connectivity index is 1.53. The Morgan fingerprint density at radius 1 is 0.421 bits per heavy atom. The number of nitrogens with zero attached hydrogens (tertiary/aromatic N) is 1. The molecule has 38 heavy (non-hydrogen) atoms. The first-order chi connectivity index (χ1) is 18.8. The van der Waals surface area contributed by atoms with Crippen molar-refractivity contribution in [2.24, 2.45) is 4.99 Å². The van der Waals surface area contributed by atoms with Crippen LogP contribution in [0.25, 0.3) is 0 Å². The van der Waals surface area contributed by atoms with Crippen LogP contribution in [0.5, 0.6) is 0 Å². The van der Waals surface area contributed by atoms with E-state index >= 15 is 0 Å². The maximum atomic E-state index is 4.71. The van der Waals surface area contributed by atoms with Gasteiger partial charge in [-0.25, -0.2) is 0 Å². The van der Waals surface area contributed by atoms with E-state index < -0.39 is 0 Å². The van der Waals surface area contributed by atoms with Gasteiger partial charge in [0.15, 0.2) is 0 Å². The minimum absolute atomic E-state index is 1.05. The van der Waals surface area contributed by atoms with Gasteiger partial charge in [-0.05, 0) is 54.5 Å². The summed E-state index contributed by atoms with van der Waals surface area (Å²) in [6, 6.07) is 17.9. The van der Waals surface area contributed by atoms with E-state index in [0.29, 0.717) is 0 Å². The first kappa shape index (κ1) is 32.3. The molecule has 1 nitrogen and oxygen atoms in total. The molecule has 0 heterocycles. The monoisotopic (exact) mass is 517 g/mol. The Bertz CT molecular complexity index is 732. The van der Waals surface area contributed by atoms with Crippen LogP contribution in [-0.4, -0.2) is 6.21 Å². The van der Waals surface area contributed by atoms with Crippen LogP contribution in [0.15, 0.2) is 53.5 Å². The topological polar surface area (TPSA) is 12.4 Å². The maximum absolute atomic E-state index is 4.71.